The normalized spacial score (nSPS) is 22.4. The number of thiophene rings is 1. The maximum absolute atomic E-state index is 3.78. The molecule has 1 aliphatic carbocycles. The van der Waals surface area contributed by atoms with Gasteiger partial charge in [-0.3, -0.25) is 4.90 Å². The zero-order valence-corrected chi connectivity index (χ0v) is 14.7. The Kier molecular flexibility index (Phi) is 4.45. The smallest absolute Gasteiger partial charge is 0.0245 e. The van der Waals surface area contributed by atoms with Crippen LogP contribution in [0.1, 0.15) is 56.9 Å². The summed E-state index contributed by atoms with van der Waals surface area (Å²) >= 11 is 1.94. The van der Waals surface area contributed by atoms with Crippen molar-refractivity contribution in [3.8, 4) is 0 Å². The van der Waals surface area contributed by atoms with Gasteiger partial charge in [0.1, 0.15) is 0 Å². The first kappa shape index (κ1) is 15.5. The first-order chi connectivity index (χ1) is 9.96. The molecular weight excluding hydrogens is 276 g/mol. The van der Waals surface area contributed by atoms with Crippen molar-refractivity contribution in [1.29, 1.82) is 0 Å². The van der Waals surface area contributed by atoms with Crippen LogP contribution in [0.15, 0.2) is 11.4 Å². The Hall–Kier alpha value is -0.380. The van der Waals surface area contributed by atoms with E-state index >= 15 is 0 Å². The zero-order chi connectivity index (χ0) is 14.9. The van der Waals surface area contributed by atoms with E-state index in [1.165, 1.54) is 58.3 Å². The number of nitrogens with one attached hydrogen (secondary N) is 1. The van der Waals surface area contributed by atoms with Crippen LogP contribution in [0, 0.1) is 5.41 Å². The lowest BCUT2D eigenvalue weighted by Gasteiger charge is -2.39. The molecule has 1 aromatic rings. The van der Waals surface area contributed by atoms with Gasteiger partial charge in [-0.1, -0.05) is 12.8 Å². The van der Waals surface area contributed by atoms with E-state index in [0.717, 1.165) is 0 Å². The lowest BCUT2D eigenvalue weighted by atomic mass is 9.84. The molecule has 118 valence electrons. The second-order valence-electron chi connectivity index (χ2n) is 8.14. The summed E-state index contributed by atoms with van der Waals surface area (Å²) in [5, 5.41) is 6.05. The number of hydrogen-bond donors (Lipinski definition) is 1. The van der Waals surface area contributed by atoms with Gasteiger partial charge < -0.3 is 5.32 Å². The first-order valence-electron chi connectivity index (χ1n) is 8.49. The highest BCUT2D eigenvalue weighted by atomic mass is 32.1. The van der Waals surface area contributed by atoms with E-state index in [9.17, 15) is 0 Å². The third-order valence-corrected chi connectivity index (χ3v) is 6.13. The molecule has 21 heavy (non-hydrogen) atoms. The van der Waals surface area contributed by atoms with E-state index in [2.05, 4.69) is 42.4 Å². The van der Waals surface area contributed by atoms with Crippen LogP contribution in [-0.4, -0.2) is 30.1 Å². The molecule has 2 nitrogen and oxygen atoms in total. The lowest BCUT2D eigenvalue weighted by Crippen LogP contribution is -2.48. The van der Waals surface area contributed by atoms with Crippen molar-refractivity contribution < 1.29 is 0 Å². The second kappa shape index (κ2) is 6.02. The van der Waals surface area contributed by atoms with Crippen LogP contribution in [-0.2, 0) is 13.0 Å². The predicted octanol–water partition coefficient (Wildman–Crippen LogP) is 4.05. The number of nitrogens with zero attached hydrogens (tertiary/aromatic N) is 1. The van der Waals surface area contributed by atoms with Crippen LogP contribution in [0.3, 0.4) is 0 Å². The van der Waals surface area contributed by atoms with Crippen molar-refractivity contribution in [2.24, 2.45) is 5.41 Å². The van der Waals surface area contributed by atoms with Crippen LogP contribution in [0.4, 0.5) is 0 Å². The minimum Gasteiger partial charge on any atom is -0.311 e. The van der Waals surface area contributed by atoms with Crippen molar-refractivity contribution in [3.63, 3.8) is 0 Å². The highest BCUT2D eigenvalue weighted by Crippen LogP contribution is 2.39. The van der Waals surface area contributed by atoms with Gasteiger partial charge in [0.2, 0.25) is 0 Å². The van der Waals surface area contributed by atoms with Crippen LogP contribution >= 0.6 is 11.3 Å². The predicted molar refractivity (Wildman–Crippen MR) is 92.0 cm³/mol. The molecule has 1 aliphatic heterocycles. The molecular formula is C18H30N2S. The Labute approximate surface area is 133 Å². The molecule has 0 amide bonds. The van der Waals surface area contributed by atoms with Crippen molar-refractivity contribution in [2.45, 2.75) is 65.0 Å². The number of rotatable bonds is 4. The molecule has 0 aromatic carbocycles. The van der Waals surface area contributed by atoms with Gasteiger partial charge in [0.05, 0.1) is 0 Å². The van der Waals surface area contributed by atoms with Crippen LogP contribution in [0.5, 0.6) is 0 Å². The molecule has 1 saturated carbocycles. The van der Waals surface area contributed by atoms with E-state index in [1.807, 2.05) is 11.3 Å². The molecule has 0 spiro atoms. The quantitative estimate of drug-likeness (QED) is 0.902. The standard InChI is InChI=1S/C18H30N2S/c1-17(2,3)19-13-18(8-4-5-9-18)14-20-10-6-16-15(12-20)7-11-21-16/h7,11,19H,4-6,8-10,12-14H2,1-3H3. The van der Waals surface area contributed by atoms with E-state index in [0.29, 0.717) is 5.41 Å². The molecule has 0 saturated heterocycles. The van der Waals surface area contributed by atoms with Gasteiger partial charge in [-0.15, -0.1) is 11.3 Å². The minimum absolute atomic E-state index is 0.234. The molecule has 0 radical (unpaired) electrons. The van der Waals surface area contributed by atoms with E-state index in [1.54, 1.807) is 10.4 Å². The fourth-order valence-corrected chi connectivity index (χ4v) is 4.77. The van der Waals surface area contributed by atoms with Crippen LogP contribution < -0.4 is 5.32 Å². The van der Waals surface area contributed by atoms with Gasteiger partial charge in [0, 0.05) is 36.6 Å². The second-order valence-corrected chi connectivity index (χ2v) is 9.14. The summed E-state index contributed by atoms with van der Waals surface area (Å²) in [7, 11) is 0. The third-order valence-electron chi connectivity index (χ3n) is 5.10. The summed E-state index contributed by atoms with van der Waals surface area (Å²) < 4.78 is 0. The van der Waals surface area contributed by atoms with E-state index in [4.69, 9.17) is 0 Å². The molecule has 0 unspecified atom stereocenters. The monoisotopic (exact) mass is 306 g/mol. The maximum atomic E-state index is 3.78. The first-order valence-corrected chi connectivity index (χ1v) is 9.37. The van der Waals surface area contributed by atoms with Gasteiger partial charge in [-0.2, -0.15) is 0 Å². The van der Waals surface area contributed by atoms with Crippen molar-refractivity contribution in [1.82, 2.24) is 10.2 Å². The molecule has 1 N–H and O–H groups in total. The molecule has 0 bridgehead atoms. The van der Waals surface area contributed by atoms with Gasteiger partial charge in [-0.25, -0.2) is 0 Å². The average Bonchev–Trinajstić information content (AvgIpc) is 3.05. The average molecular weight is 307 g/mol. The lowest BCUT2D eigenvalue weighted by molar-refractivity contribution is 0.130. The zero-order valence-electron chi connectivity index (χ0n) is 13.9. The summed E-state index contributed by atoms with van der Waals surface area (Å²) in [6.07, 6.45) is 6.91. The van der Waals surface area contributed by atoms with Crippen molar-refractivity contribution >= 4 is 11.3 Å². The fourth-order valence-electron chi connectivity index (χ4n) is 3.88. The summed E-state index contributed by atoms with van der Waals surface area (Å²) in [6.45, 7) is 11.8. The highest BCUT2D eigenvalue weighted by molar-refractivity contribution is 7.10. The summed E-state index contributed by atoms with van der Waals surface area (Å²) in [5.41, 5.74) is 2.34. The Balaban J connectivity index is 1.63. The summed E-state index contributed by atoms with van der Waals surface area (Å²) in [4.78, 5) is 4.34. The van der Waals surface area contributed by atoms with E-state index < -0.39 is 0 Å². The Morgan fingerprint density at radius 2 is 2.05 bits per heavy atom. The Morgan fingerprint density at radius 3 is 2.76 bits per heavy atom. The Morgan fingerprint density at radius 1 is 1.29 bits per heavy atom. The number of hydrogen-bond acceptors (Lipinski definition) is 3. The summed E-state index contributed by atoms with van der Waals surface area (Å²) in [5.74, 6) is 0. The summed E-state index contributed by atoms with van der Waals surface area (Å²) in [6, 6.07) is 2.33. The van der Waals surface area contributed by atoms with Crippen molar-refractivity contribution in [2.75, 3.05) is 19.6 Å². The van der Waals surface area contributed by atoms with Crippen molar-refractivity contribution in [3.05, 3.63) is 21.9 Å². The largest absolute Gasteiger partial charge is 0.311 e. The van der Waals surface area contributed by atoms with Gasteiger partial charge in [-0.05, 0) is 62.5 Å². The number of fused-ring (bicyclic) bond motifs is 1. The topological polar surface area (TPSA) is 15.3 Å². The molecule has 2 heterocycles. The minimum atomic E-state index is 0.234. The molecule has 1 aromatic heterocycles. The SMILES string of the molecule is CC(C)(C)NCC1(CN2CCc3sccc3C2)CCCC1. The van der Waals surface area contributed by atoms with Crippen LogP contribution in [0.2, 0.25) is 0 Å². The molecule has 3 heteroatoms. The van der Waals surface area contributed by atoms with Gasteiger partial charge >= 0.3 is 0 Å². The highest BCUT2D eigenvalue weighted by Gasteiger charge is 2.36. The van der Waals surface area contributed by atoms with Crippen LogP contribution in [0.25, 0.3) is 0 Å². The Bertz CT molecular complexity index is 466. The third kappa shape index (κ3) is 3.88. The van der Waals surface area contributed by atoms with Gasteiger partial charge in [0.15, 0.2) is 0 Å². The fraction of sp³-hybridized carbons (Fsp3) is 0.778. The molecule has 1 fully saturated rings. The molecule has 3 rings (SSSR count). The molecule has 2 aliphatic rings. The van der Waals surface area contributed by atoms with E-state index in [-0.39, 0.29) is 5.54 Å². The molecule has 0 atom stereocenters. The van der Waals surface area contributed by atoms with Gasteiger partial charge in [0.25, 0.3) is 0 Å². The maximum Gasteiger partial charge on any atom is 0.0245 e.